The Morgan fingerprint density at radius 1 is 1.16 bits per heavy atom. The standard InChI is InChI=1S/C16H20N2O/c1-13(17)15-9-10-16(18-12-15)19-11-5-8-14-6-3-2-4-7-14/h2-4,6-7,9-10,12-13H,5,8,11,17H2,1H3. The maximum absolute atomic E-state index is 5.77. The lowest BCUT2D eigenvalue weighted by Crippen LogP contribution is -2.06. The van der Waals surface area contributed by atoms with Crippen LogP contribution in [0.3, 0.4) is 0 Å². The second-order valence-electron chi connectivity index (χ2n) is 4.66. The Balaban J connectivity index is 1.74. The number of hydrogen-bond donors (Lipinski definition) is 1. The summed E-state index contributed by atoms with van der Waals surface area (Å²) in [5.41, 5.74) is 8.13. The highest BCUT2D eigenvalue weighted by Gasteiger charge is 2.01. The van der Waals surface area contributed by atoms with Crippen molar-refractivity contribution < 1.29 is 4.74 Å². The van der Waals surface area contributed by atoms with E-state index in [0.29, 0.717) is 12.5 Å². The molecule has 100 valence electrons. The molecule has 19 heavy (non-hydrogen) atoms. The summed E-state index contributed by atoms with van der Waals surface area (Å²) in [6, 6.07) is 14.3. The zero-order valence-electron chi connectivity index (χ0n) is 11.3. The first-order valence-corrected chi connectivity index (χ1v) is 6.64. The molecule has 1 unspecified atom stereocenters. The van der Waals surface area contributed by atoms with Crippen molar-refractivity contribution in [1.29, 1.82) is 0 Å². The molecule has 0 bridgehead atoms. The molecule has 1 heterocycles. The summed E-state index contributed by atoms with van der Waals surface area (Å²) in [6.45, 7) is 2.62. The van der Waals surface area contributed by atoms with Crippen LogP contribution < -0.4 is 10.5 Å². The SMILES string of the molecule is CC(N)c1ccc(OCCCc2ccccc2)nc1. The largest absolute Gasteiger partial charge is 0.478 e. The van der Waals surface area contributed by atoms with Gasteiger partial charge in [-0.1, -0.05) is 36.4 Å². The molecule has 0 aliphatic rings. The number of pyridine rings is 1. The van der Waals surface area contributed by atoms with Gasteiger partial charge in [-0.25, -0.2) is 4.98 Å². The van der Waals surface area contributed by atoms with Gasteiger partial charge in [0.2, 0.25) is 5.88 Å². The van der Waals surface area contributed by atoms with Gasteiger partial charge in [0.05, 0.1) is 6.61 Å². The van der Waals surface area contributed by atoms with Crippen molar-refractivity contribution in [2.24, 2.45) is 5.73 Å². The van der Waals surface area contributed by atoms with Gasteiger partial charge in [-0.3, -0.25) is 0 Å². The summed E-state index contributed by atoms with van der Waals surface area (Å²) in [7, 11) is 0. The maximum atomic E-state index is 5.77. The second kappa shape index (κ2) is 6.90. The second-order valence-corrected chi connectivity index (χ2v) is 4.66. The molecule has 0 saturated carbocycles. The van der Waals surface area contributed by atoms with E-state index in [1.807, 2.05) is 25.1 Å². The number of nitrogens with zero attached hydrogens (tertiary/aromatic N) is 1. The molecular formula is C16H20N2O. The van der Waals surface area contributed by atoms with Gasteiger partial charge in [-0.05, 0) is 30.9 Å². The molecule has 3 heteroatoms. The van der Waals surface area contributed by atoms with Gasteiger partial charge in [0, 0.05) is 18.3 Å². The summed E-state index contributed by atoms with van der Waals surface area (Å²) in [5, 5.41) is 0. The van der Waals surface area contributed by atoms with Crippen LogP contribution >= 0.6 is 0 Å². The number of nitrogens with two attached hydrogens (primary N) is 1. The summed E-state index contributed by atoms with van der Waals surface area (Å²) in [4.78, 5) is 4.24. The van der Waals surface area contributed by atoms with Crippen LogP contribution in [0.25, 0.3) is 0 Å². The van der Waals surface area contributed by atoms with Gasteiger partial charge in [0.15, 0.2) is 0 Å². The van der Waals surface area contributed by atoms with Crippen molar-refractivity contribution >= 4 is 0 Å². The number of benzene rings is 1. The topological polar surface area (TPSA) is 48.1 Å². The smallest absolute Gasteiger partial charge is 0.213 e. The van der Waals surface area contributed by atoms with Crippen LogP contribution in [-0.2, 0) is 6.42 Å². The fourth-order valence-corrected chi connectivity index (χ4v) is 1.84. The molecule has 0 aliphatic carbocycles. The number of hydrogen-bond acceptors (Lipinski definition) is 3. The Morgan fingerprint density at radius 3 is 2.58 bits per heavy atom. The summed E-state index contributed by atoms with van der Waals surface area (Å²) in [5.74, 6) is 0.664. The minimum Gasteiger partial charge on any atom is -0.478 e. The predicted molar refractivity (Wildman–Crippen MR) is 77.1 cm³/mol. The van der Waals surface area contributed by atoms with E-state index in [1.165, 1.54) is 5.56 Å². The molecule has 2 rings (SSSR count). The third-order valence-electron chi connectivity index (χ3n) is 2.99. The van der Waals surface area contributed by atoms with E-state index in [1.54, 1.807) is 6.20 Å². The van der Waals surface area contributed by atoms with Gasteiger partial charge in [0.1, 0.15) is 0 Å². The molecule has 0 aliphatic heterocycles. The average molecular weight is 256 g/mol. The van der Waals surface area contributed by atoms with Crippen molar-refractivity contribution in [2.75, 3.05) is 6.61 Å². The van der Waals surface area contributed by atoms with Gasteiger partial charge < -0.3 is 10.5 Å². The van der Waals surface area contributed by atoms with Gasteiger partial charge >= 0.3 is 0 Å². The molecule has 1 aromatic carbocycles. The van der Waals surface area contributed by atoms with Crippen LogP contribution in [0, 0.1) is 0 Å². The fraction of sp³-hybridized carbons (Fsp3) is 0.312. The molecule has 3 nitrogen and oxygen atoms in total. The quantitative estimate of drug-likeness (QED) is 0.808. The van der Waals surface area contributed by atoms with Crippen LogP contribution in [0.5, 0.6) is 5.88 Å². The van der Waals surface area contributed by atoms with Crippen LogP contribution in [0.4, 0.5) is 0 Å². The number of aromatic nitrogens is 1. The third-order valence-corrected chi connectivity index (χ3v) is 2.99. The summed E-state index contributed by atoms with van der Waals surface area (Å²) in [6.07, 6.45) is 3.79. The van der Waals surface area contributed by atoms with Crippen molar-refractivity contribution in [1.82, 2.24) is 4.98 Å². The molecule has 0 radical (unpaired) electrons. The fourth-order valence-electron chi connectivity index (χ4n) is 1.84. The third kappa shape index (κ3) is 4.38. The molecule has 1 atom stereocenters. The summed E-state index contributed by atoms with van der Waals surface area (Å²) >= 11 is 0. The molecule has 0 fully saturated rings. The molecule has 0 spiro atoms. The number of rotatable bonds is 6. The first-order valence-electron chi connectivity index (χ1n) is 6.64. The lowest BCUT2D eigenvalue weighted by Gasteiger charge is -2.08. The molecule has 0 saturated heterocycles. The predicted octanol–water partition coefficient (Wildman–Crippen LogP) is 3.11. The monoisotopic (exact) mass is 256 g/mol. The van der Waals surface area contributed by atoms with E-state index in [0.717, 1.165) is 18.4 Å². The lowest BCUT2D eigenvalue weighted by atomic mass is 10.1. The summed E-state index contributed by atoms with van der Waals surface area (Å²) < 4.78 is 5.61. The van der Waals surface area contributed by atoms with Crippen molar-refractivity contribution in [3.63, 3.8) is 0 Å². The van der Waals surface area contributed by atoms with E-state index in [9.17, 15) is 0 Å². The Hall–Kier alpha value is -1.87. The van der Waals surface area contributed by atoms with E-state index < -0.39 is 0 Å². The highest BCUT2D eigenvalue weighted by Crippen LogP contribution is 2.12. The number of ether oxygens (including phenoxy) is 1. The zero-order chi connectivity index (χ0) is 13.5. The number of aryl methyl sites for hydroxylation is 1. The molecule has 2 aromatic rings. The van der Waals surface area contributed by atoms with E-state index >= 15 is 0 Å². The van der Waals surface area contributed by atoms with Gasteiger partial charge in [0.25, 0.3) is 0 Å². The molecule has 2 N–H and O–H groups in total. The van der Waals surface area contributed by atoms with E-state index in [4.69, 9.17) is 10.5 Å². The van der Waals surface area contributed by atoms with Crippen molar-refractivity contribution in [2.45, 2.75) is 25.8 Å². The molecule has 1 aromatic heterocycles. The Labute approximate surface area is 114 Å². The van der Waals surface area contributed by atoms with Crippen LogP contribution in [0.1, 0.15) is 30.5 Å². The minimum atomic E-state index is 0.0135. The van der Waals surface area contributed by atoms with E-state index in [-0.39, 0.29) is 6.04 Å². The van der Waals surface area contributed by atoms with Crippen molar-refractivity contribution in [3.8, 4) is 5.88 Å². The van der Waals surface area contributed by atoms with Crippen LogP contribution in [-0.4, -0.2) is 11.6 Å². The highest BCUT2D eigenvalue weighted by atomic mass is 16.5. The maximum Gasteiger partial charge on any atom is 0.213 e. The Bertz CT molecular complexity index is 480. The van der Waals surface area contributed by atoms with E-state index in [2.05, 4.69) is 29.2 Å². The first kappa shape index (κ1) is 13.6. The van der Waals surface area contributed by atoms with Crippen molar-refractivity contribution in [3.05, 3.63) is 59.8 Å². The highest BCUT2D eigenvalue weighted by molar-refractivity contribution is 5.20. The lowest BCUT2D eigenvalue weighted by molar-refractivity contribution is 0.299. The zero-order valence-corrected chi connectivity index (χ0v) is 11.3. The Morgan fingerprint density at radius 2 is 1.95 bits per heavy atom. The Kier molecular flexibility index (Phi) is 4.93. The van der Waals surface area contributed by atoms with Crippen LogP contribution in [0.15, 0.2) is 48.7 Å². The molecule has 0 amide bonds. The first-order chi connectivity index (χ1) is 9.25. The van der Waals surface area contributed by atoms with Gasteiger partial charge in [-0.2, -0.15) is 0 Å². The minimum absolute atomic E-state index is 0.0135. The van der Waals surface area contributed by atoms with Gasteiger partial charge in [-0.15, -0.1) is 0 Å². The normalized spacial score (nSPS) is 12.1. The molecular weight excluding hydrogens is 236 g/mol. The average Bonchev–Trinajstić information content (AvgIpc) is 2.45. The van der Waals surface area contributed by atoms with Crippen LogP contribution in [0.2, 0.25) is 0 Å².